The lowest BCUT2D eigenvalue weighted by molar-refractivity contribution is 0.0105. The highest BCUT2D eigenvalue weighted by Gasteiger charge is 2.09. The summed E-state index contributed by atoms with van der Waals surface area (Å²) in [5.41, 5.74) is 7.09. The number of methoxy groups -OCH3 is 1. The van der Waals surface area contributed by atoms with Crippen LogP contribution in [-0.4, -0.2) is 52.8 Å². The fourth-order valence-corrected chi connectivity index (χ4v) is 1.73. The number of hydrogen-bond acceptors (Lipinski definition) is 6. The highest BCUT2D eigenvalue weighted by atomic mass is 16.5. The van der Waals surface area contributed by atoms with Crippen molar-refractivity contribution in [3.63, 3.8) is 0 Å². The molecule has 0 spiro atoms. The molecule has 1 unspecified atom stereocenters. The van der Waals surface area contributed by atoms with Gasteiger partial charge in [-0.25, -0.2) is 0 Å². The average molecular weight is 311 g/mol. The van der Waals surface area contributed by atoms with Gasteiger partial charge < -0.3 is 25.3 Å². The molecule has 0 rings (SSSR count). The Kier molecular flexibility index (Phi) is 11.9. The first-order valence-electron chi connectivity index (χ1n) is 7.28. The van der Waals surface area contributed by atoms with Crippen molar-refractivity contribution in [3.8, 4) is 0 Å². The van der Waals surface area contributed by atoms with Gasteiger partial charge in [-0.1, -0.05) is 0 Å². The van der Waals surface area contributed by atoms with E-state index in [9.17, 15) is 0 Å². The molecular formula is C16H29N3O3. The van der Waals surface area contributed by atoms with Crippen molar-refractivity contribution in [3.05, 3.63) is 35.9 Å². The Hall–Kier alpha value is -1.79. The molecule has 0 fully saturated rings. The molecule has 0 aromatic rings. The Morgan fingerprint density at radius 1 is 1.41 bits per heavy atom. The molecule has 0 amide bonds. The van der Waals surface area contributed by atoms with Crippen molar-refractivity contribution in [2.24, 2.45) is 10.7 Å². The van der Waals surface area contributed by atoms with E-state index < -0.39 is 0 Å². The van der Waals surface area contributed by atoms with Gasteiger partial charge in [-0.3, -0.25) is 4.99 Å². The molecule has 3 N–H and O–H groups in total. The predicted molar refractivity (Wildman–Crippen MR) is 90.8 cm³/mol. The van der Waals surface area contributed by atoms with Crippen LogP contribution in [0.2, 0.25) is 0 Å². The number of likely N-dealkylation sites (N-methyl/N-ethyl adjacent to an activating group) is 1. The van der Waals surface area contributed by atoms with Crippen LogP contribution >= 0.6 is 0 Å². The lowest BCUT2D eigenvalue weighted by Gasteiger charge is -2.17. The third-order valence-corrected chi connectivity index (χ3v) is 2.77. The van der Waals surface area contributed by atoms with Crippen LogP contribution in [0.4, 0.5) is 0 Å². The number of aliphatic imine (C=N–C) groups is 1. The van der Waals surface area contributed by atoms with Crippen LogP contribution in [-0.2, 0) is 14.2 Å². The summed E-state index contributed by atoms with van der Waals surface area (Å²) < 4.78 is 16.2. The maximum Gasteiger partial charge on any atom is 0.115 e. The van der Waals surface area contributed by atoms with Gasteiger partial charge in [0.25, 0.3) is 0 Å². The normalized spacial score (nSPS) is 15.2. The van der Waals surface area contributed by atoms with E-state index in [1.807, 2.05) is 27.0 Å². The Morgan fingerprint density at radius 2 is 2.14 bits per heavy atom. The molecule has 0 aliphatic rings. The summed E-state index contributed by atoms with van der Waals surface area (Å²) in [4.78, 5) is 4.21. The number of nitrogens with zero attached hydrogens (tertiary/aromatic N) is 1. The van der Waals surface area contributed by atoms with E-state index >= 15 is 0 Å². The molecule has 6 nitrogen and oxygen atoms in total. The summed E-state index contributed by atoms with van der Waals surface area (Å²) in [6, 6.07) is 0. The van der Waals surface area contributed by atoms with E-state index in [1.54, 1.807) is 26.5 Å². The van der Waals surface area contributed by atoms with Crippen molar-refractivity contribution in [1.29, 1.82) is 0 Å². The molecule has 6 heteroatoms. The number of ether oxygens (including phenoxy) is 3. The fraction of sp³-hybridized carbons (Fsp3) is 0.562. The van der Waals surface area contributed by atoms with E-state index in [0.29, 0.717) is 13.2 Å². The minimum absolute atomic E-state index is 0.0123. The zero-order chi connectivity index (χ0) is 16.8. The van der Waals surface area contributed by atoms with Crippen molar-refractivity contribution in [1.82, 2.24) is 5.32 Å². The lowest BCUT2D eigenvalue weighted by Crippen LogP contribution is -2.30. The molecule has 126 valence electrons. The molecule has 0 aromatic heterocycles. The van der Waals surface area contributed by atoms with E-state index in [4.69, 9.17) is 19.9 Å². The van der Waals surface area contributed by atoms with Crippen LogP contribution in [0, 0.1) is 0 Å². The summed E-state index contributed by atoms with van der Waals surface area (Å²) in [5.74, 6) is 0.742. The Balaban J connectivity index is 4.75. The first kappa shape index (κ1) is 20.2. The number of rotatable bonds is 11. The van der Waals surface area contributed by atoms with E-state index in [0.717, 1.165) is 23.6 Å². The van der Waals surface area contributed by atoms with Crippen LogP contribution in [0.3, 0.4) is 0 Å². The summed E-state index contributed by atoms with van der Waals surface area (Å²) >= 11 is 0. The molecule has 0 heterocycles. The van der Waals surface area contributed by atoms with Crippen molar-refractivity contribution in [2.75, 3.05) is 41.0 Å². The predicted octanol–water partition coefficient (Wildman–Crippen LogP) is 1.60. The minimum Gasteiger partial charge on any atom is -0.504 e. The summed E-state index contributed by atoms with van der Waals surface area (Å²) in [5, 5.41) is 3.08. The zero-order valence-electron chi connectivity index (χ0n) is 14.3. The largest absolute Gasteiger partial charge is 0.504 e. The molecule has 0 saturated carbocycles. The molecule has 0 bridgehead atoms. The highest BCUT2D eigenvalue weighted by Crippen LogP contribution is 2.07. The molecule has 0 aliphatic heterocycles. The van der Waals surface area contributed by atoms with Gasteiger partial charge in [-0.05, 0) is 27.0 Å². The van der Waals surface area contributed by atoms with Gasteiger partial charge in [0, 0.05) is 38.0 Å². The SMILES string of the molecule is CCOC(CNC)CO/C(C)=C/C(=NC)C(=C\N)/C=C/OC. The molecule has 0 aliphatic carbocycles. The van der Waals surface area contributed by atoms with Crippen molar-refractivity contribution >= 4 is 5.71 Å². The van der Waals surface area contributed by atoms with Crippen molar-refractivity contribution < 1.29 is 14.2 Å². The van der Waals surface area contributed by atoms with Gasteiger partial charge >= 0.3 is 0 Å². The molecule has 0 radical (unpaired) electrons. The molecular weight excluding hydrogens is 282 g/mol. The van der Waals surface area contributed by atoms with E-state index in [1.165, 1.54) is 6.20 Å². The van der Waals surface area contributed by atoms with Crippen LogP contribution in [0.25, 0.3) is 0 Å². The quantitative estimate of drug-likeness (QED) is 0.344. The van der Waals surface area contributed by atoms with Gasteiger partial charge in [0.2, 0.25) is 0 Å². The van der Waals surface area contributed by atoms with Gasteiger partial charge in [-0.2, -0.15) is 0 Å². The van der Waals surface area contributed by atoms with Gasteiger partial charge in [0.05, 0.1) is 24.8 Å². The highest BCUT2D eigenvalue weighted by molar-refractivity contribution is 6.10. The van der Waals surface area contributed by atoms with E-state index in [-0.39, 0.29) is 6.10 Å². The molecule has 0 aromatic carbocycles. The molecule has 0 saturated heterocycles. The Bertz CT molecular complexity index is 409. The smallest absolute Gasteiger partial charge is 0.115 e. The maximum absolute atomic E-state index is 5.73. The number of nitrogens with two attached hydrogens (primary N) is 1. The van der Waals surface area contributed by atoms with Crippen molar-refractivity contribution in [2.45, 2.75) is 20.0 Å². The third kappa shape index (κ3) is 8.49. The first-order chi connectivity index (χ1) is 10.6. The lowest BCUT2D eigenvalue weighted by atomic mass is 10.1. The van der Waals surface area contributed by atoms with Crippen LogP contribution in [0.15, 0.2) is 40.9 Å². The monoisotopic (exact) mass is 311 g/mol. The van der Waals surface area contributed by atoms with Gasteiger partial charge in [0.15, 0.2) is 0 Å². The number of hydrogen-bond donors (Lipinski definition) is 2. The number of nitrogens with one attached hydrogen (secondary N) is 1. The zero-order valence-corrected chi connectivity index (χ0v) is 14.3. The molecule has 22 heavy (non-hydrogen) atoms. The van der Waals surface area contributed by atoms with Gasteiger partial charge in [-0.15, -0.1) is 0 Å². The maximum atomic E-state index is 5.73. The average Bonchev–Trinajstić information content (AvgIpc) is 2.52. The first-order valence-corrected chi connectivity index (χ1v) is 7.28. The van der Waals surface area contributed by atoms with Crippen LogP contribution in [0.5, 0.6) is 0 Å². The summed E-state index contributed by atoms with van der Waals surface area (Å²) in [7, 11) is 5.16. The summed E-state index contributed by atoms with van der Waals surface area (Å²) in [6.45, 7) is 5.71. The summed E-state index contributed by atoms with van der Waals surface area (Å²) in [6.07, 6.45) is 6.62. The topological polar surface area (TPSA) is 78.1 Å². The second-order valence-electron chi connectivity index (χ2n) is 4.47. The van der Waals surface area contributed by atoms with Gasteiger partial charge in [0.1, 0.15) is 12.7 Å². The van der Waals surface area contributed by atoms with Crippen LogP contribution in [0.1, 0.15) is 13.8 Å². The van der Waals surface area contributed by atoms with E-state index in [2.05, 4.69) is 10.3 Å². The number of allylic oxidation sites excluding steroid dienone is 4. The second-order valence-corrected chi connectivity index (χ2v) is 4.47. The second kappa shape index (κ2) is 12.9. The van der Waals surface area contributed by atoms with Crippen LogP contribution < -0.4 is 11.1 Å². The third-order valence-electron chi connectivity index (χ3n) is 2.77. The minimum atomic E-state index is 0.0123. The Labute approximate surface area is 133 Å². The standard InChI is InChI=1S/C16H29N3O3/c1-6-21-15(11-18-3)12-22-13(2)9-16(19-4)14(10-17)7-8-20-5/h7-10,15,18H,6,11-12,17H2,1-5H3/b8-7+,13-9+,14-10-,19-16?. The molecule has 1 atom stereocenters. The Morgan fingerprint density at radius 3 is 2.64 bits per heavy atom. The fourth-order valence-electron chi connectivity index (χ4n) is 1.73.